The molecule has 1 aliphatic rings. The van der Waals surface area contributed by atoms with E-state index in [0.717, 1.165) is 17.5 Å². The second-order valence-corrected chi connectivity index (χ2v) is 6.15. The molecule has 3 aromatic heterocycles. The van der Waals surface area contributed by atoms with Gasteiger partial charge in [-0.1, -0.05) is 5.16 Å². The maximum absolute atomic E-state index is 12.5. The van der Waals surface area contributed by atoms with Gasteiger partial charge in [-0.05, 0) is 13.8 Å². The minimum Gasteiger partial charge on any atom is -0.361 e. The van der Waals surface area contributed by atoms with Crippen molar-refractivity contribution in [3.63, 3.8) is 0 Å². The van der Waals surface area contributed by atoms with E-state index in [1.165, 1.54) is 6.20 Å². The molecule has 0 saturated carbocycles. The van der Waals surface area contributed by atoms with Crippen LogP contribution in [0.5, 0.6) is 0 Å². The van der Waals surface area contributed by atoms with Crippen LogP contribution >= 0.6 is 0 Å². The molecule has 3 aromatic rings. The van der Waals surface area contributed by atoms with E-state index in [9.17, 15) is 4.79 Å². The highest BCUT2D eigenvalue weighted by Crippen LogP contribution is 2.18. The number of hydrogen-bond donors (Lipinski definition) is 0. The van der Waals surface area contributed by atoms with Gasteiger partial charge in [-0.2, -0.15) is 0 Å². The molecule has 1 saturated heterocycles. The fourth-order valence-corrected chi connectivity index (χ4v) is 3.07. The zero-order valence-electron chi connectivity index (χ0n) is 14.7. The van der Waals surface area contributed by atoms with Crippen molar-refractivity contribution in [2.45, 2.75) is 13.8 Å². The van der Waals surface area contributed by atoms with E-state index in [4.69, 9.17) is 4.52 Å². The first-order chi connectivity index (χ1) is 12.6. The zero-order chi connectivity index (χ0) is 18.1. The molecule has 0 spiro atoms. The number of imidazole rings is 1. The molecule has 0 radical (unpaired) electrons. The van der Waals surface area contributed by atoms with E-state index in [1.807, 2.05) is 28.7 Å². The van der Waals surface area contributed by atoms with Crippen molar-refractivity contribution in [3.8, 4) is 5.82 Å². The molecule has 0 atom stereocenters. The Morgan fingerprint density at radius 3 is 2.50 bits per heavy atom. The van der Waals surface area contributed by atoms with E-state index >= 15 is 0 Å². The molecule has 26 heavy (non-hydrogen) atoms. The van der Waals surface area contributed by atoms with Crippen molar-refractivity contribution < 1.29 is 9.32 Å². The largest absolute Gasteiger partial charge is 0.361 e. The van der Waals surface area contributed by atoms with Crippen LogP contribution in [0.15, 0.2) is 35.5 Å². The number of amides is 1. The maximum Gasteiger partial charge on any atom is 0.259 e. The molecule has 1 amide bonds. The van der Waals surface area contributed by atoms with Gasteiger partial charge in [-0.15, -0.1) is 0 Å². The quantitative estimate of drug-likeness (QED) is 0.699. The number of hydrogen-bond acceptors (Lipinski definition) is 7. The molecule has 4 rings (SSSR count). The van der Waals surface area contributed by atoms with Crippen LogP contribution in [0.3, 0.4) is 0 Å². The van der Waals surface area contributed by atoms with Gasteiger partial charge in [0, 0.05) is 44.6 Å². The molecule has 1 aliphatic heterocycles. The topological polar surface area (TPSA) is 93.2 Å². The second-order valence-electron chi connectivity index (χ2n) is 6.15. The van der Waals surface area contributed by atoms with E-state index < -0.39 is 0 Å². The van der Waals surface area contributed by atoms with Gasteiger partial charge in [0.25, 0.3) is 5.91 Å². The number of aromatic nitrogens is 5. The first-order valence-electron chi connectivity index (χ1n) is 8.41. The maximum atomic E-state index is 12.5. The highest BCUT2D eigenvalue weighted by molar-refractivity contribution is 5.94. The monoisotopic (exact) mass is 353 g/mol. The van der Waals surface area contributed by atoms with Crippen LogP contribution < -0.4 is 4.90 Å². The lowest BCUT2D eigenvalue weighted by atomic mass is 10.2. The van der Waals surface area contributed by atoms with Gasteiger partial charge in [0.15, 0.2) is 0 Å². The van der Waals surface area contributed by atoms with E-state index in [0.29, 0.717) is 37.5 Å². The molecule has 0 unspecified atom stereocenters. The molecule has 0 aliphatic carbocycles. The Morgan fingerprint density at radius 1 is 1.08 bits per heavy atom. The van der Waals surface area contributed by atoms with Gasteiger partial charge in [0.1, 0.15) is 35.1 Å². The predicted octanol–water partition coefficient (Wildman–Crippen LogP) is 1.23. The molecule has 4 heterocycles. The van der Waals surface area contributed by atoms with Crippen molar-refractivity contribution in [1.29, 1.82) is 0 Å². The predicted molar refractivity (Wildman–Crippen MR) is 93.2 cm³/mol. The van der Waals surface area contributed by atoms with Gasteiger partial charge in [0.2, 0.25) is 0 Å². The number of rotatable bonds is 3. The minimum absolute atomic E-state index is 0.0409. The van der Waals surface area contributed by atoms with Crippen molar-refractivity contribution in [1.82, 2.24) is 29.6 Å². The Labute approximate surface area is 150 Å². The summed E-state index contributed by atoms with van der Waals surface area (Å²) in [5, 5.41) is 3.68. The van der Waals surface area contributed by atoms with Gasteiger partial charge >= 0.3 is 0 Å². The minimum atomic E-state index is -0.0409. The van der Waals surface area contributed by atoms with Crippen LogP contribution in [0, 0.1) is 13.8 Å². The third kappa shape index (κ3) is 2.92. The lowest BCUT2D eigenvalue weighted by Gasteiger charge is -2.35. The zero-order valence-corrected chi connectivity index (χ0v) is 14.7. The summed E-state index contributed by atoms with van der Waals surface area (Å²) in [6.45, 7) is 6.32. The Morgan fingerprint density at radius 2 is 1.85 bits per heavy atom. The molecule has 134 valence electrons. The van der Waals surface area contributed by atoms with E-state index in [-0.39, 0.29) is 5.91 Å². The second kappa shape index (κ2) is 6.58. The molecule has 0 aromatic carbocycles. The average molecular weight is 353 g/mol. The summed E-state index contributed by atoms with van der Waals surface area (Å²) in [6, 6.07) is 1.94. The number of carbonyl (C=O) groups excluding carboxylic acids is 1. The summed E-state index contributed by atoms with van der Waals surface area (Å²) >= 11 is 0. The standard InChI is InChI=1S/C17H19N7O2/c1-12-14(10-21-26-12)17(25)23-7-5-22(6-8-23)15-9-16(20-11-19-15)24-4-3-18-13(24)2/h3-4,9-11H,5-8H2,1-2H3. The van der Waals surface area contributed by atoms with E-state index in [2.05, 4.69) is 25.0 Å². The number of carbonyl (C=O) groups is 1. The molecule has 9 nitrogen and oxygen atoms in total. The summed E-state index contributed by atoms with van der Waals surface area (Å²) in [4.78, 5) is 29.5. The van der Waals surface area contributed by atoms with E-state index in [1.54, 1.807) is 19.4 Å². The summed E-state index contributed by atoms with van der Waals surface area (Å²) in [5.41, 5.74) is 0.526. The highest BCUT2D eigenvalue weighted by Gasteiger charge is 2.25. The third-order valence-corrected chi connectivity index (χ3v) is 4.58. The Hall–Kier alpha value is -3.23. The van der Waals surface area contributed by atoms with Crippen molar-refractivity contribution >= 4 is 11.7 Å². The summed E-state index contributed by atoms with van der Waals surface area (Å²) in [5.74, 6) is 3.00. The lowest BCUT2D eigenvalue weighted by molar-refractivity contribution is 0.0744. The highest BCUT2D eigenvalue weighted by atomic mass is 16.5. The van der Waals surface area contributed by atoms with Crippen LogP contribution in [0.1, 0.15) is 21.9 Å². The van der Waals surface area contributed by atoms with Crippen molar-refractivity contribution in [2.24, 2.45) is 0 Å². The Balaban J connectivity index is 1.46. The number of aryl methyl sites for hydroxylation is 2. The lowest BCUT2D eigenvalue weighted by Crippen LogP contribution is -2.49. The SMILES string of the molecule is Cc1oncc1C(=O)N1CCN(c2cc(-n3ccnc3C)ncn2)CC1. The molecule has 0 bridgehead atoms. The van der Waals surface area contributed by atoms with Gasteiger partial charge in [0.05, 0.1) is 6.20 Å². The van der Waals surface area contributed by atoms with Crippen molar-refractivity contribution in [3.05, 3.63) is 48.1 Å². The first kappa shape index (κ1) is 16.2. The normalized spacial score (nSPS) is 14.7. The van der Waals surface area contributed by atoms with Gasteiger partial charge in [-0.25, -0.2) is 15.0 Å². The smallest absolute Gasteiger partial charge is 0.259 e. The van der Waals surface area contributed by atoms with Gasteiger partial charge < -0.3 is 14.3 Å². The third-order valence-electron chi connectivity index (χ3n) is 4.58. The average Bonchev–Trinajstić information content (AvgIpc) is 3.29. The molecule has 1 fully saturated rings. The summed E-state index contributed by atoms with van der Waals surface area (Å²) < 4.78 is 6.91. The first-order valence-corrected chi connectivity index (χ1v) is 8.41. The van der Waals surface area contributed by atoms with Crippen molar-refractivity contribution in [2.75, 3.05) is 31.1 Å². The Kier molecular flexibility index (Phi) is 4.11. The number of nitrogens with zero attached hydrogens (tertiary/aromatic N) is 7. The molecule has 0 N–H and O–H groups in total. The van der Waals surface area contributed by atoms with Crippen LogP contribution in [0.4, 0.5) is 5.82 Å². The molecular weight excluding hydrogens is 334 g/mol. The van der Waals surface area contributed by atoms with Crippen LogP contribution in [0.2, 0.25) is 0 Å². The van der Waals surface area contributed by atoms with Crippen LogP contribution in [-0.4, -0.2) is 61.7 Å². The molecular formula is C17H19N7O2. The summed E-state index contributed by atoms with van der Waals surface area (Å²) in [6.07, 6.45) is 6.66. The fourth-order valence-electron chi connectivity index (χ4n) is 3.07. The Bertz CT molecular complexity index is 925. The van der Waals surface area contributed by atoms with Gasteiger partial charge in [-0.3, -0.25) is 9.36 Å². The number of anilines is 1. The fraction of sp³-hybridized carbons (Fsp3) is 0.353. The number of piperazine rings is 1. The summed E-state index contributed by atoms with van der Waals surface area (Å²) in [7, 11) is 0. The van der Waals surface area contributed by atoms with Crippen LogP contribution in [0.25, 0.3) is 5.82 Å². The molecule has 9 heteroatoms. The van der Waals surface area contributed by atoms with Crippen LogP contribution in [-0.2, 0) is 0 Å².